The van der Waals surface area contributed by atoms with Crippen LogP contribution in [0.3, 0.4) is 0 Å². The molecule has 1 heterocycles. The highest BCUT2D eigenvalue weighted by Crippen LogP contribution is 2.40. The molecule has 1 aromatic heterocycles. The van der Waals surface area contributed by atoms with Crippen LogP contribution in [0.15, 0.2) is 51.5 Å². The van der Waals surface area contributed by atoms with E-state index in [1.54, 1.807) is 0 Å². The molecule has 0 atom stereocenters. The molecule has 2 N–H and O–H groups in total. The Morgan fingerprint density at radius 2 is 2.00 bits per heavy atom. The summed E-state index contributed by atoms with van der Waals surface area (Å²) in [5.74, 6) is 1.09. The zero-order valence-corrected chi connectivity index (χ0v) is 15.0. The molecule has 0 amide bonds. The van der Waals surface area contributed by atoms with Gasteiger partial charge in [-0.1, -0.05) is 50.9 Å². The molecule has 0 saturated heterocycles. The van der Waals surface area contributed by atoms with E-state index in [0.29, 0.717) is 11.6 Å². The maximum atomic E-state index is 6.03. The second-order valence-electron chi connectivity index (χ2n) is 4.77. The van der Waals surface area contributed by atoms with Gasteiger partial charge in [-0.15, -0.1) is 0 Å². The minimum atomic E-state index is 0.404. The molecular formula is C16H12BrIN2O. The number of nitrogen functional groups attached to an aromatic ring is 1. The summed E-state index contributed by atoms with van der Waals surface area (Å²) in [7, 11) is 0. The Morgan fingerprint density at radius 1 is 1.19 bits per heavy atom. The summed E-state index contributed by atoms with van der Waals surface area (Å²) in [5, 5.41) is 3.95. The minimum absolute atomic E-state index is 0.404. The fourth-order valence-corrected chi connectivity index (χ4v) is 3.16. The van der Waals surface area contributed by atoms with Crippen molar-refractivity contribution in [1.82, 2.24) is 5.16 Å². The van der Waals surface area contributed by atoms with Crippen molar-refractivity contribution in [3.8, 4) is 22.5 Å². The van der Waals surface area contributed by atoms with Crippen LogP contribution in [-0.4, -0.2) is 5.16 Å². The van der Waals surface area contributed by atoms with E-state index in [9.17, 15) is 0 Å². The number of aryl methyl sites for hydroxylation is 1. The predicted octanol–water partition coefficient (Wildman–Crippen LogP) is 5.27. The molecule has 0 unspecified atom stereocenters. The molecule has 21 heavy (non-hydrogen) atoms. The molecule has 0 aliphatic heterocycles. The summed E-state index contributed by atoms with van der Waals surface area (Å²) >= 11 is 5.84. The Balaban J connectivity index is 2.24. The number of hydrogen-bond donors (Lipinski definition) is 1. The number of rotatable bonds is 2. The number of halogens is 2. The van der Waals surface area contributed by atoms with Crippen molar-refractivity contribution >= 4 is 44.3 Å². The highest BCUT2D eigenvalue weighted by atomic mass is 127. The standard InChI is InChI=1S/C16H12BrIN2O/c1-9-3-2-4-10(7-9)14-15(21-20-16(14)19)12-8-11(18)5-6-13(12)17/h2-8H,1H3,(H2,19,20). The Bertz CT molecular complexity index is 814. The molecular weight excluding hydrogens is 443 g/mol. The highest BCUT2D eigenvalue weighted by Gasteiger charge is 2.19. The van der Waals surface area contributed by atoms with Gasteiger partial charge in [-0.2, -0.15) is 0 Å². The Morgan fingerprint density at radius 3 is 2.76 bits per heavy atom. The van der Waals surface area contributed by atoms with Gasteiger partial charge in [0.25, 0.3) is 0 Å². The van der Waals surface area contributed by atoms with Crippen molar-refractivity contribution in [2.45, 2.75) is 6.92 Å². The molecule has 2 aromatic carbocycles. The smallest absolute Gasteiger partial charge is 0.178 e. The summed E-state index contributed by atoms with van der Waals surface area (Å²) in [6.07, 6.45) is 0. The predicted molar refractivity (Wildman–Crippen MR) is 96.9 cm³/mol. The van der Waals surface area contributed by atoms with Crippen LogP contribution in [-0.2, 0) is 0 Å². The summed E-state index contributed by atoms with van der Waals surface area (Å²) < 4.78 is 7.58. The zero-order chi connectivity index (χ0) is 15.0. The molecule has 5 heteroatoms. The first kappa shape index (κ1) is 14.6. The van der Waals surface area contributed by atoms with Gasteiger partial charge in [0, 0.05) is 13.6 Å². The largest absolute Gasteiger partial charge is 0.380 e. The SMILES string of the molecule is Cc1cccc(-c2c(N)noc2-c2cc(I)ccc2Br)c1. The van der Waals surface area contributed by atoms with Crippen LogP contribution in [0.2, 0.25) is 0 Å². The van der Waals surface area contributed by atoms with Crippen LogP contribution in [0, 0.1) is 10.5 Å². The Kier molecular flexibility index (Phi) is 4.03. The monoisotopic (exact) mass is 454 g/mol. The van der Waals surface area contributed by atoms with Crippen LogP contribution in [0.25, 0.3) is 22.5 Å². The van der Waals surface area contributed by atoms with Gasteiger partial charge in [0.1, 0.15) is 0 Å². The van der Waals surface area contributed by atoms with Crippen LogP contribution >= 0.6 is 38.5 Å². The first-order chi connectivity index (χ1) is 10.1. The average molecular weight is 455 g/mol. The van der Waals surface area contributed by atoms with E-state index >= 15 is 0 Å². The summed E-state index contributed by atoms with van der Waals surface area (Å²) in [6.45, 7) is 2.05. The first-order valence-corrected chi connectivity index (χ1v) is 8.21. The lowest BCUT2D eigenvalue weighted by molar-refractivity contribution is 0.436. The van der Waals surface area contributed by atoms with Gasteiger partial charge in [0.15, 0.2) is 11.6 Å². The quantitative estimate of drug-likeness (QED) is 0.537. The van der Waals surface area contributed by atoms with Gasteiger partial charge in [0.05, 0.1) is 5.56 Å². The van der Waals surface area contributed by atoms with E-state index < -0.39 is 0 Å². The topological polar surface area (TPSA) is 52.0 Å². The molecule has 0 fully saturated rings. The highest BCUT2D eigenvalue weighted by molar-refractivity contribution is 14.1. The van der Waals surface area contributed by atoms with Crippen molar-refractivity contribution in [3.05, 3.63) is 56.1 Å². The van der Waals surface area contributed by atoms with Crippen LogP contribution in [0.1, 0.15) is 5.56 Å². The minimum Gasteiger partial charge on any atom is -0.380 e. The van der Waals surface area contributed by atoms with E-state index in [0.717, 1.165) is 24.7 Å². The van der Waals surface area contributed by atoms with Crippen LogP contribution < -0.4 is 5.73 Å². The fraction of sp³-hybridized carbons (Fsp3) is 0.0625. The van der Waals surface area contributed by atoms with E-state index in [2.05, 4.69) is 49.7 Å². The second kappa shape index (κ2) is 5.81. The molecule has 106 valence electrons. The van der Waals surface area contributed by atoms with Crippen molar-refractivity contribution in [2.75, 3.05) is 5.73 Å². The number of nitrogens with zero attached hydrogens (tertiary/aromatic N) is 1. The van der Waals surface area contributed by atoms with Gasteiger partial charge in [0.2, 0.25) is 0 Å². The molecule has 0 spiro atoms. The molecule has 3 nitrogen and oxygen atoms in total. The van der Waals surface area contributed by atoms with Gasteiger partial charge in [-0.3, -0.25) is 0 Å². The van der Waals surface area contributed by atoms with E-state index in [-0.39, 0.29) is 0 Å². The van der Waals surface area contributed by atoms with Gasteiger partial charge >= 0.3 is 0 Å². The lowest BCUT2D eigenvalue weighted by Crippen LogP contribution is -1.90. The van der Waals surface area contributed by atoms with E-state index in [4.69, 9.17) is 10.3 Å². The number of anilines is 1. The van der Waals surface area contributed by atoms with E-state index in [1.165, 1.54) is 5.56 Å². The maximum absolute atomic E-state index is 6.03. The number of nitrogens with two attached hydrogens (primary N) is 1. The van der Waals surface area contributed by atoms with Crippen molar-refractivity contribution in [1.29, 1.82) is 0 Å². The van der Waals surface area contributed by atoms with Gasteiger partial charge in [-0.25, -0.2) is 0 Å². The van der Waals surface area contributed by atoms with Crippen LogP contribution in [0.4, 0.5) is 5.82 Å². The first-order valence-electron chi connectivity index (χ1n) is 6.34. The molecule has 0 aliphatic rings. The molecule has 0 aliphatic carbocycles. The number of aromatic nitrogens is 1. The number of hydrogen-bond acceptors (Lipinski definition) is 3. The average Bonchev–Trinajstić information content (AvgIpc) is 2.83. The van der Waals surface area contributed by atoms with Crippen LogP contribution in [0.5, 0.6) is 0 Å². The normalized spacial score (nSPS) is 10.8. The molecule has 0 radical (unpaired) electrons. The Hall–Kier alpha value is -1.34. The molecule has 0 bridgehead atoms. The van der Waals surface area contributed by atoms with E-state index in [1.807, 2.05) is 43.3 Å². The zero-order valence-electron chi connectivity index (χ0n) is 11.2. The lowest BCUT2D eigenvalue weighted by atomic mass is 10.00. The number of benzene rings is 2. The van der Waals surface area contributed by atoms with Crippen molar-refractivity contribution in [3.63, 3.8) is 0 Å². The third-order valence-electron chi connectivity index (χ3n) is 3.20. The van der Waals surface area contributed by atoms with Gasteiger partial charge in [-0.05, 0) is 53.3 Å². The fourth-order valence-electron chi connectivity index (χ4n) is 2.24. The summed E-state index contributed by atoms with van der Waals surface area (Å²) in [5.41, 5.74) is 9.98. The van der Waals surface area contributed by atoms with Crippen molar-refractivity contribution in [2.24, 2.45) is 0 Å². The Labute approximate surface area is 144 Å². The second-order valence-corrected chi connectivity index (χ2v) is 6.87. The van der Waals surface area contributed by atoms with Crippen molar-refractivity contribution < 1.29 is 4.52 Å². The maximum Gasteiger partial charge on any atom is 0.178 e. The summed E-state index contributed by atoms with van der Waals surface area (Å²) in [6, 6.07) is 14.2. The third-order valence-corrected chi connectivity index (χ3v) is 4.56. The van der Waals surface area contributed by atoms with Gasteiger partial charge < -0.3 is 10.3 Å². The molecule has 3 aromatic rings. The third kappa shape index (κ3) is 2.85. The lowest BCUT2D eigenvalue weighted by Gasteiger charge is -2.06. The molecule has 3 rings (SSSR count). The summed E-state index contributed by atoms with van der Waals surface area (Å²) in [4.78, 5) is 0. The molecule has 0 saturated carbocycles.